The molecule has 208 valence electrons. The number of hydrogen-bond acceptors (Lipinski definition) is 7. The number of amidine groups is 1. The van der Waals surface area contributed by atoms with E-state index in [0.29, 0.717) is 25.1 Å². The number of benzene rings is 2. The third-order valence-electron chi connectivity index (χ3n) is 5.94. The van der Waals surface area contributed by atoms with Crippen LogP contribution in [0.3, 0.4) is 0 Å². The number of rotatable bonds is 11. The molecule has 2 aromatic carbocycles. The quantitative estimate of drug-likeness (QED) is 0.124. The Bertz CT molecular complexity index is 1230. The minimum absolute atomic E-state index is 0.0263. The van der Waals surface area contributed by atoms with Gasteiger partial charge in [-0.2, -0.15) is 0 Å². The van der Waals surface area contributed by atoms with E-state index in [9.17, 15) is 14.4 Å². The van der Waals surface area contributed by atoms with E-state index in [1.54, 1.807) is 24.0 Å². The molecule has 0 aliphatic rings. The zero-order valence-corrected chi connectivity index (χ0v) is 23.4. The molecule has 9 heteroatoms. The Balaban J connectivity index is 2.00. The standard InChI is InChI=1S/C30H38N4O5/c1-6-8-18-39-30(37)33-29(31)23-11-13-25(14-12-23)32-16-9-10-24-19-22(4)26(20-21(24)3)34(27(35)7-2)17-15-28(36)38-5/h11-14,19-20,32H,6-8,15-18H2,1-5H3,(H2,31,33,37). The number of amides is 2. The third-order valence-corrected chi connectivity index (χ3v) is 5.94. The molecule has 9 nitrogen and oxygen atoms in total. The van der Waals surface area contributed by atoms with Crippen LogP contribution in [0.25, 0.3) is 0 Å². The lowest BCUT2D eigenvalue weighted by Crippen LogP contribution is -2.33. The summed E-state index contributed by atoms with van der Waals surface area (Å²) in [5.41, 5.74) is 4.84. The number of nitrogens with one attached hydrogen (secondary N) is 3. The number of carbonyl (C=O) groups is 3. The Morgan fingerprint density at radius 1 is 1.05 bits per heavy atom. The number of aryl methyl sites for hydroxylation is 2. The zero-order chi connectivity index (χ0) is 28.8. The number of unbranched alkanes of at least 4 members (excludes halogenated alkanes) is 1. The van der Waals surface area contributed by atoms with Crippen LogP contribution in [0.1, 0.15) is 61.8 Å². The van der Waals surface area contributed by atoms with Crippen LogP contribution in [0.2, 0.25) is 0 Å². The summed E-state index contributed by atoms with van der Waals surface area (Å²) < 4.78 is 9.75. The third kappa shape index (κ3) is 9.82. The van der Waals surface area contributed by atoms with E-state index >= 15 is 0 Å². The maximum absolute atomic E-state index is 12.6. The summed E-state index contributed by atoms with van der Waals surface area (Å²) in [6, 6.07) is 11.0. The maximum atomic E-state index is 12.6. The first-order valence-corrected chi connectivity index (χ1v) is 13.0. The second-order valence-corrected chi connectivity index (χ2v) is 8.90. The van der Waals surface area contributed by atoms with E-state index in [1.807, 2.05) is 45.0 Å². The zero-order valence-electron chi connectivity index (χ0n) is 23.4. The minimum atomic E-state index is -0.629. The van der Waals surface area contributed by atoms with E-state index < -0.39 is 6.09 Å². The first-order valence-electron chi connectivity index (χ1n) is 13.0. The van der Waals surface area contributed by atoms with Gasteiger partial charge < -0.3 is 19.7 Å². The average Bonchev–Trinajstić information content (AvgIpc) is 2.93. The Morgan fingerprint density at radius 2 is 1.77 bits per heavy atom. The van der Waals surface area contributed by atoms with Gasteiger partial charge in [0.05, 0.1) is 26.7 Å². The van der Waals surface area contributed by atoms with Crippen molar-refractivity contribution in [3.8, 4) is 11.8 Å². The molecule has 39 heavy (non-hydrogen) atoms. The highest BCUT2D eigenvalue weighted by molar-refractivity contribution is 6.04. The van der Waals surface area contributed by atoms with Crippen molar-refractivity contribution in [3.05, 3.63) is 58.7 Å². The van der Waals surface area contributed by atoms with Crippen LogP contribution >= 0.6 is 0 Å². The fraction of sp³-hybridized carbons (Fsp3) is 0.400. The molecule has 2 aromatic rings. The van der Waals surface area contributed by atoms with Crippen molar-refractivity contribution in [2.45, 2.75) is 53.4 Å². The predicted octanol–water partition coefficient (Wildman–Crippen LogP) is 4.92. The van der Waals surface area contributed by atoms with E-state index in [1.165, 1.54) is 7.11 Å². The maximum Gasteiger partial charge on any atom is 0.412 e. The molecule has 0 spiro atoms. The summed E-state index contributed by atoms with van der Waals surface area (Å²) in [7, 11) is 1.33. The van der Waals surface area contributed by atoms with Crippen LogP contribution in [0.5, 0.6) is 0 Å². The molecule has 0 saturated carbocycles. The monoisotopic (exact) mass is 534 g/mol. The van der Waals surface area contributed by atoms with Gasteiger partial charge in [-0.1, -0.05) is 32.1 Å². The average molecular weight is 535 g/mol. The molecule has 0 unspecified atom stereocenters. The molecule has 0 saturated heterocycles. The van der Waals surface area contributed by atoms with Crippen molar-refractivity contribution < 1.29 is 23.9 Å². The van der Waals surface area contributed by atoms with Crippen molar-refractivity contribution in [1.29, 1.82) is 5.41 Å². The highest BCUT2D eigenvalue weighted by atomic mass is 16.5. The molecule has 0 atom stereocenters. The second-order valence-electron chi connectivity index (χ2n) is 8.90. The van der Waals surface area contributed by atoms with Gasteiger partial charge in [-0.15, -0.1) is 0 Å². The van der Waals surface area contributed by atoms with Crippen molar-refractivity contribution in [3.63, 3.8) is 0 Å². The SMILES string of the molecule is CCCCOC(=O)NC(=N)c1ccc(NCC#Cc2cc(C)c(N(CCC(=O)OC)C(=O)CC)cc2C)cc1. The molecule has 3 N–H and O–H groups in total. The summed E-state index contributed by atoms with van der Waals surface area (Å²) in [5, 5.41) is 13.7. The molecular weight excluding hydrogens is 496 g/mol. The topological polar surface area (TPSA) is 121 Å². The highest BCUT2D eigenvalue weighted by Crippen LogP contribution is 2.25. The second kappa shape index (κ2) is 15.8. The first-order chi connectivity index (χ1) is 18.7. The number of anilines is 2. The fourth-order valence-corrected chi connectivity index (χ4v) is 3.66. The molecule has 0 radical (unpaired) electrons. The van der Waals surface area contributed by atoms with Gasteiger partial charge in [-0.05, 0) is 67.8 Å². The molecule has 0 aliphatic carbocycles. The largest absolute Gasteiger partial charge is 0.469 e. The van der Waals surface area contributed by atoms with Gasteiger partial charge in [0.1, 0.15) is 5.84 Å². The van der Waals surface area contributed by atoms with Crippen LogP contribution in [-0.2, 0) is 19.1 Å². The predicted molar refractivity (Wildman–Crippen MR) is 153 cm³/mol. The molecule has 2 rings (SSSR count). The Morgan fingerprint density at radius 3 is 2.41 bits per heavy atom. The van der Waals surface area contributed by atoms with Gasteiger partial charge in [0.2, 0.25) is 5.91 Å². The minimum Gasteiger partial charge on any atom is -0.469 e. The van der Waals surface area contributed by atoms with Crippen molar-refractivity contribution in [2.75, 3.05) is 37.0 Å². The number of ether oxygens (including phenoxy) is 2. The van der Waals surface area contributed by atoms with E-state index in [4.69, 9.17) is 14.9 Å². The van der Waals surface area contributed by atoms with E-state index in [0.717, 1.165) is 40.9 Å². The normalized spacial score (nSPS) is 10.1. The Hall–Kier alpha value is -4.32. The van der Waals surface area contributed by atoms with Gasteiger partial charge in [0, 0.05) is 35.5 Å². The van der Waals surface area contributed by atoms with Crippen LogP contribution in [0.4, 0.5) is 16.2 Å². The van der Waals surface area contributed by atoms with Crippen molar-refractivity contribution >= 4 is 35.2 Å². The van der Waals surface area contributed by atoms with E-state index in [2.05, 4.69) is 22.5 Å². The summed E-state index contributed by atoms with van der Waals surface area (Å²) >= 11 is 0. The molecule has 0 fully saturated rings. The summed E-state index contributed by atoms with van der Waals surface area (Å²) in [5.74, 6) is 5.85. The number of esters is 1. The van der Waals surface area contributed by atoms with Crippen molar-refractivity contribution in [1.82, 2.24) is 5.32 Å². The van der Waals surface area contributed by atoms with Crippen LogP contribution < -0.4 is 15.5 Å². The molecule has 0 aliphatic heterocycles. The lowest BCUT2D eigenvalue weighted by Gasteiger charge is -2.24. The number of methoxy groups -OCH3 is 1. The highest BCUT2D eigenvalue weighted by Gasteiger charge is 2.18. The van der Waals surface area contributed by atoms with Crippen LogP contribution in [0.15, 0.2) is 36.4 Å². The van der Waals surface area contributed by atoms with Crippen LogP contribution in [-0.4, -0.2) is 50.6 Å². The lowest BCUT2D eigenvalue weighted by atomic mass is 10.0. The summed E-state index contributed by atoms with van der Waals surface area (Å²) in [4.78, 5) is 37.5. The fourth-order valence-electron chi connectivity index (χ4n) is 3.66. The number of hydrogen-bond donors (Lipinski definition) is 3. The Labute approximate surface area is 230 Å². The smallest absolute Gasteiger partial charge is 0.412 e. The van der Waals surface area contributed by atoms with E-state index in [-0.39, 0.29) is 30.7 Å². The molecule has 2 amide bonds. The van der Waals surface area contributed by atoms with Crippen molar-refractivity contribution in [2.24, 2.45) is 0 Å². The molecular formula is C30H38N4O5. The van der Waals surface area contributed by atoms with Gasteiger partial charge in [-0.3, -0.25) is 20.3 Å². The molecule has 0 bridgehead atoms. The Kier molecular flexibility index (Phi) is 12.5. The summed E-state index contributed by atoms with van der Waals surface area (Å²) in [6.45, 7) is 8.65. The molecule has 0 heterocycles. The first kappa shape index (κ1) is 30.9. The number of alkyl carbamates (subject to hydrolysis) is 1. The van der Waals surface area contributed by atoms with Gasteiger partial charge in [0.15, 0.2) is 0 Å². The van der Waals surface area contributed by atoms with Gasteiger partial charge >= 0.3 is 12.1 Å². The number of carbonyl (C=O) groups excluding carboxylic acids is 3. The van der Waals surface area contributed by atoms with Gasteiger partial charge in [-0.25, -0.2) is 4.79 Å². The number of nitrogens with zero attached hydrogens (tertiary/aromatic N) is 1. The summed E-state index contributed by atoms with van der Waals surface area (Å²) in [6.07, 6.45) is 1.53. The molecule has 0 aromatic heterocycles. The van der Waals surface area contributed by atoms with Crippen LogP contribution in [0, 0.1) is 31.1 Å². The van der Waals surface area contributed by atoms with Gasteiger partial charge in [0.25, 0.3) is 0 Å². The lowest BCUT2D eigenvalue weighted by molar-refractivity contribution is -0.140.